The first-order valence-corrected chi connectivity index (χ1v) is 9.31. The third-order valence-electron chi connectivity index (χ3n) is 5.37. The van der Waals surface area contributed by atoms with Crippen LogP contribution in [-0.4, -0.2) is 25.5 Å². The van der Waals surface area contributed by atoms with Crippen molar-refractivity contribution in [3.8, 4) is 5.75 Å². The molecule has 0 radical (unpaired) electrons. The Hall–Kier alpha value is -1.35. The highest BCUT2D eigenvalue weighted by atomic mass is 16.5. The topological polar surface area (TPSA) is 38.3 Å². The van der Waals surface area contributed by atoms with Crippen LogP contribution in [0.3, 0.4) is 0 Å². The maximum atomic E-state index is 12.5. The van der Waals surface area contributed by atoms with Crippen LogP contribution in [0.4, 0.5) is 0 Å². The molecule has 3 heteroatoms. The second kappa shape index (κ2) is 8.49. The van der Waals surface area contributed by atoms with Gasteiger partial charge in [0, 0.05) is 11.5 Å². The molecule has 1 aliphatic carbocycles. The van der Waals surface area contributed by atoms with Crippen LogP contribution in [-0.2, 0) is 0 Å². The number of rotatable bonds is 6. The van der Waals surface area contributed by atoms with E-state index >= 15 is 0 Å². The zero-order valence-corrected chi connectivity index (χ0v) is 14.1. The monoisotopic (exact) mass is 315 g/mol. The molecule has 1 aromatic rings. The van der Waals surface area contributed by atoms with Gasteiger partial charge in [0.05, 0.1) is 6.61 Å². The van der Waals surface area contributed by atoms with E-state index in [1.54, 1.807) is 0 Å². The minimum atomic E-state index is 0.189. The Balaban J connectivity index is 1.45. The standard InChI is InChI=1S/C20H29NO2/c22-20(18-10-13-21-14-11-18)17-6-8-19(9-7-17)23-15-12-16-4-2-1-3-5-16/h6-9,16,18,21H,1-5,10-15H2. The normalized spacial score (nSPS) is 20.3. The van der Waals surface area contributed by atoms with Crippen molar-refractivity contribution in [3.63, 3.8) is 0 Å². The zero-order valence-electron chi connectivity index (χ0n) is 14.1. The molecule has 1 saturated heterocycles. The van der Waals surface area contributed by atoms with Crippen molar-refractivity contribution in [3.05, 3.63) is 29.8 Å². The average molecular weight is 315 g/mol. The van der Waals surface area contributed by atoms with E-state index in [1.165, 1.54) is 32.1 Å². The second-order valence-electron chi connectivity index (χ2n) is 7.05. The molecule has 0 spiro atoms. The smallest absolute Gasteiger partial charge is 0.166 e. The van der Waals surface area contributed by atoms with E-state index in [2.05, 4.69) is 5.32 Å². The van der Waals surface area contributed by atoms with Crippen LogP contribution in [0.2, 0.25) is 0 Å². The van der Waals surface area contributed by atoms with Crippen molar-refractivity contribution in [1.29, 1.82) is 0 Å². The van der Waals surface area contributed by atoms with Crippen LogP contribution in [0.1, 0.15) is 61.7 Å². The summed E-state index contributed by atoms with van der Waals surface area (Å²) in [6.07, 6.45) is 9.99. The number of carbonyl (C=O) groups excluding carboxylic acids is 1. The lowest BCUT2D eigenvalue weighted by atomic mass is 9.87. The first kappa shape index (κ1) is 16.5. The molecule has 0 unspecified atom stereocenters. The Kier molecular flexibility index (Phi) is 6.09. The summed E-state index contributed by atoms with van der Waals surface area (Å²) in [6, 6.07) is 7.77. The van der Waals surface area contributed by atoms with Gasteiger partial charge in [-0.15, -0.1) is 0 Å². The number of ketones is 1. The van der Waals surface area contributed by atoms with Crippen molar-refractivity contribution in [2.75, 3.05) is 19.7 Å². The van der Waals surface area contributed by atoms with E-state index in [9.17, 15) is 4.79 Å². The van der Waals surface area contributed by atoms with Crippen molar-refractivity contribution in [2.45, 2.75) is 51.4 Å². The van der Waals surface area contributed by atoms with E-state index in [1.807, 2.05) is 24.3 Å². The Labute approximate surface area is 139 Å². The van der Waals surface area contributed by atoms with Gasteiger partial charge in [-0.05, 0) is 62.5 Å². The highest BCUT2D eigenvalue weighted by molar-refractivity contribution is 5.98. The fourth-order valence-corrected chi connectivity index (χ4v) is 3.85. The van der Waals surface area contributed by atoms with Gasteiger partial charge < -0.3 is 10.1 Å². The third kappa shape index (κ3) is 4.81. The molecule has 1 aromatic carbocycles. The lowest BCUT2D eigenvalue weighted by Gasteiger charge is -2.22. The van der Waals surface area contributed by atoms with Gasteiger partial charge in [-0.1, -0.05) is 32.1 Å². The molecule has 0 bridgehead atoms. The summed E-state index contributed by atoms with van der Waals surface area (Å²) in [5, 5.41) is 3.31. The highest BCUT2D eigenvalue weighted by Crippen LogP contribution is 2.26. The van der Waals surface area contributed by atoms with Crippen molar-refractivity contribution in [2.24, 2.45) is 11.8 Å². The largest absolute Gasteiger partial charge is 0.494 e. The van der Waals surface area contributed by atoms with Gasteiger partial charge in [0.1, 0.15) is 5.75 Å². The molecular weight excluding hydrogens is 286 g/mol. The lowest BCUT2D eigenvalue weighted by Crippen LogP contribution is -2.31. The van der Waals surface area contributed by atoms with E-state index in [0.717, 1.165) is 56.2 Å². The quantitative estimate of drug-likeness (QED) is 0.799. The number of Topliss-reactive ketones (excluding diaryl/α,β-unsaturated/α-hetero) is 1. The SMILES string of the molecule is O=C(c1ccc(OCCC2CCCCC2)cc1)C1CCNCC1. The van der Waals surface area contributed by atoms with Gasteiger partial charge in [0.25, 0.3) is 0 Å². The number of hydrogen-bond donors (Lipinski definition) is 1. The van der Waals surface area contributed by atoms with Gasteiger partial charge in [0.15, 0.2) is 5.78 Å². The molecule has 1 saturated carbocycles. The van der Waals surface area contributed by atoms with Crippen LogP contribution < -0.4 is 10.1 Å². The summed E-state index contributed by atoms with van der Waals surface area (Å²) in [5.74, 6) is 2.22. The molecule has 2 fully saturated rings. The molecule has 0 atom stereocenters. The maximum Gasteiger partial charge on any atom is 0.166 e. The molecule has 1 heterocycles. The molecule has 1 aliphatic heterocycles. The van der Waals surface area contributed by atoms with Gasteiger partial charge in [-0.3, -0.25) is 4.79 Å². The first-order chi connectivity index (χ1) is 11.3. The highest BCUT2D eigenvalue weighted by Gasteiger charge is 2.22. The van der Waals surface area contributed by atoms with Gasteiger partial charge >= 0.3 is 0 Å². The van der Waals surface area contributed by atoms with E-state index in [0.29, 0.717) is 5.78 Å². The van der Waals surface area contributed by atoms with E-state index in [-0.39, 0.29) is 5.92 Å². The minimum Gasteiger partial charge on any atom is -0.494 e. The first-order valence-electron chi connectivity index (χ1n) is 9.31. The van der Waals surface area contributed by atoms with Crippen LogP contribution in [0.5, 0.6) is 5.75 Å². The summed E-state index contributed by atoms with van der Waals surface area (Å²) in [7, 11) is 0. The molecule has 126 valence electrons. The fourth-order valence-electron chi connectivity index (χ4n) is 3.85. The van der Waals surface area contributed by atoms with Crippen LogP contribution >= 0.6 is 0 Å². The maximum absolute atomic E-state index is 12.5. The molecule has 3 nitrogen and oxygen atoms in total. The second-order valence-corrected chi connectivity index (χ2v) is 7.05. The summed E-state index contributed by atoms with van der Waals surface area (Å²) in [6.45, 7) is 2.71. The van der Waals surface area contributed by atoms with Gasteiger partial charge in [-0.2, -0.15) is 0 Å². The number of carbonyl (C=O) groups is 1. The zero-order chi connectivity index (χ0) is 15.9. The van der Waals surface area contributed by atoms with Crippen molar-refractivity contribution < 1.29 is 9.53 Å². The van der Waals surface area contributed by atoms with E-state index < -0.39 is 0 Å². The number of hydrogen-bond acceptors (Lipinski definition) is 3. The number of benzene rings is 1. The molecular formula is C20H29NO2. The van der Waals surface area contributed by atoms with Gasteiger partial charge in [-0.25, -0.2) is 0 Å². The predicted molar refractivity (Wildman–Crippen MR) is 93.1 cm³/mol. The minimum absolute atomic E-state index is 0.189. The Bertz CT molecular complexity index is 485. The summed E-state index contributed by atoms with van der Waals surface area (Å²) in [5.41, 5.74) is 0.830. The Morgan fingerprint density at radius 2 is 1.70 bits per heavy atom. The Morgan fingerprint density at radius 1 is 1.00 bits per heavy atom. The van der Waals surface area contributed by atoms with Gasteiger partial charge in [0.2, 0.25) is 0 Å². The number of piperidine rings is 1. The molecule has 3 rings (SSSR count). The van der Waals surface area contributed by atoms with Crippen LogP contribution in [0.15, 0.2) is 24.3 Å². The lowest BCUT2D eigenvalue weighted by molar-refractivity contribution is 0.0895. The molecule has 0 amide bonds. The summed E-state index contributed by atoms with van der Waals surface area (Å²) < 4.78 is 5.87. The number of nitrogens with one attached hydrogen (secondary N) is 1. The Morgan fingerprint density at radius 3 is 2.39 bits per heavy atom. The molecule has 0 aromatic heterocycles. The third-order valence-corrected chi connectivity index (χ3v) is 5.37. The summed E-state index contributed by atoms with van der Waals surface area (Å²) >= 11 is 0. The molecule has 23 heavy (non-hydrogen) atoms. The summed E-state index contributed by atoms with van der Waals surface area (Å²) in [4.78, 5) is 12.5. The predicted octanol–water partition coefficient (Wildman–Crippen LogP) is 4.22. The van der Waals surface area contributed by atoms with E-state index in [4.69, 9.17) is 4.74 Å². The van der Waals surface area contributed by atoms with Crippen LogP contribution in [0, 0.1) is 11.8 Å². The van der Waals surface area contributed by atoms with Crippen molar-refractivity contribution >= 4 is 5.78 Å². The number of ether oxygens (including phenoxy) is 1. The molecule has 1 N–H and O–H groups in total. The fraction of sp³-hybridized carbons (Fsp3) is 0.650. The molecule has 2 aliphatic rings. The van der Waals surface area contributed by atoms with Crippen molar-refractivity contribution in [1.82, 2.24) is 5.32 Å². The van der Waals surface area contributed by atoms with Crippen LogP contribution in [0.25, 0.3) is 0 Å². The average Bonchev–Trinajstić information content (AvgIpc) is 2.63.